The summed E-state index contributed by atoms with van der Waals surface area (Å²) in [4.78, 5) is 25.7. The molecule has 1 atom stereocenters. The quantitative estimate of drug-likeness (QED) is 0.576. The van der Waals surface area contributed by atoms with Crippen LogP contribution in [0.4, 0.5) is 5.00 Å². The monoisotopic (exact) mass is 397 g/mol. The number of benzene rings is 1. The second-order valence-electron chi connectivity index (χ2n) is 6.47. The summed E-state index contributed by atoms with van der Waals surface area (Å²) >= 11 is 1.37. The van der Waals surface area contributed by atoms with E-state index in [4.69, 9.17) is 9.47 Å². The van der Waals surface area contributed by atoms with Crippen LogP contribution in [0, 0.1) is 13.8 Å². The molecule has 6 heteroatoms. The Labute approximate surface area is 168 Å². The van der Waals surface area contributed by atoms with Crippen molar-refractivity contribution in [3.63, 3.8) is 0 Å². The van der Waals surface area contributed by atoms with Crippen LogP contribution in [0.2, 0.25) is 0 Å². The number of thiophene rings is 1. The fourth-order valence-corrected chi connectivity index (χ4v) is 3.99. The zero-order valence-corrected chi connectivity index (χ0v) is 17.2. The van der Waals surface area contributed by atoms with Crippen LogP contribution in [-0.2, 0) is 9.53 Å². The highest BCUT2D eigenvalue weighted by molar-refractivity contribution is 7.16. The molecule has 0 aliphatic carbocycles. The molecule has 1 aliphatic heterocycles. The van der Waals surface area contributed by atoms with Gasteiger partial charge in [0.1, 0.15) is 16.9 Å². The van der Waals surface area contributed by atoms with Gasteiger partial charge in [0.25, 0.3) is 0 Å². The molecule has 0 bridgehead atoms. The maximum Gasteiger partial charge on any atom is 0.341 e. The third-order valence-electron chi connectivity index (χ3n) is 4.54. The summed E-state index contributed by atoms with van der Waals surface area (Å²) in [5.41, 5.74) is 3.14. The molecule has 0 spiro atoms. The lowest BCUT2D eigenvalue weighted by atomic mass is 10.0. The smallest absolute Gasteiger partial charge is 0.341 e. The summed E-state index contributed by atoms with van der Waals surface area (Å²) in [6.07, 6.45) is 5.06. The van der Waals surface area contributed by atoms with E-state index in [0.29, 0.717) is 10.6 Å². The highest BCUT2D eigenvalue weighted by atomic mass is 32.1. The Kier molecular flexibility index (Phi) is 5.99. The number of esters is 1. The van der Waals surface area contributed by atoms with Crippen molar-refractivity contribution in [3.05, 3.63) is 63.6 Å². The average molecular weight is 397 g/mol. The molecule has 3 rings (SSSR count). The van der Waals surface area contributed by atoms with E-state index >= 15 is 0 Å². The Balaban J connectivity index is 1.77. The average Bonchev–Trinajstić information content (AvgIpc) is 2.93. The number of hydrogen-bond acceptors (Lipinski definition) is 5. The highest BCUT2D eigenvalue weighted by Gasteiger charge is 2.22. The number of para-hydroxylation sites is 1. The Morgan fingerprint density at radius 3 is 2.79 bits per heavy atom. The zero-order valence-electron chi connectivity index (χ0n) is 16.4. The Morgan fingerprint density at radius 2 is 2.04 bits per heavy atom. The van der Waals surface area contributed by atoms with E-state index in [2.05, 4.69) is 5.32 Å². The lowest BCUT2D eigenvalue weighted by Gasteiger charge is -2.22. The molecule has 5 nitrogen and oxygen atoms in total. The van der Waals surface area contributed by atoms with Crippen molar-refractivity contribution in [2.45, 2.75) is 33.8 Å². The summed E-state index contributed by atoms with van der Waals surface area (Å²) in [7, 11) is 0. The van der Waals surface area contributed by atoms with Gasteiger partial charge in [0.05, 0.1) is 12.2 Å². The molecule has 2 heterocycles. The first kappa shape index (κ1) is 19.9. The minimum absolute atomic E-state index is 0.153. The molecule has 0 fully saturated rings. The predicted octanol–water partition coefficient (Wildman–Crippen LogP) is 4.90. The van der Waals surface area contributed by atoms with Crippen LogP contribution < -0.4 is 10.1 Å². The molecule has 0 saturated heterocycles. The molecule has 1 amide bonds. The summed E-state index contributed by atoms with van der Waals surface area (Å²) in [6.45, 7) is 7.75. The maximum atomic E-state index is 12.4. The molecule has 1 unspecified atom stereocenters. The maximum absolute atomic E-state index is 12.4. The number of carbonyl (C=O) groups is 2. The summed E-state index contributed by atoms with van der Waals surface area (Å²) < 4.78 is 11.0. The number of carbonyl (C=O) groups excluding carboxylic acids is 2. The van der Waals surface area contributed by atoms with Gasteiger partial charge in [-0.3, -0.25) is 4.79 Å². The lowest BCUT2D eigenvalue weighted by molar-refractivity contribution is -0.111. The predicted molar refractivity (Wildman–Crippen MR) is 112 cm³/mol. The molecule has 1 aliphatic rings. The van der Waals surface area contributed by atoms with Crippen molar-refractivity contribution in [2.75, 3.05) is 11.9 Å². The van der Waals surface area contributed by atoms with Crippen LogP contribution >= 0.6 is 11.3 Å². The molecule has 28 heavy (non-hydrogen) atoms. The van der Waals surface area contributed by atoms with E-state index < -0.39 is 5.97 Å². The number of ether oxygens (including phenoxy) is 2. The van der Waals surface area contributed by atoms with Crippen LogP contribution in [0.15, 0.2) is 42.0 Å². The molecular weight excluding hydrogens is 374 g/mol. The third-order valence-corrected chi connectivity index (χ3v) is 5.67. The summed E-state index contributed by atoms with van der Waals surface area (Å²) in [5.74, 6) is 0.108. The number of aryl methyl sites for hydroxylation is 1. The topological polar surface area (TPSA) is 64.6 Å². The number of nitrogens with one attached hydrogen (secondary N) is 1. The molecule has 1 aromatic carbocycles. The Morgan fingerprint density at radius 1 is 1.29 bits per heavy atom. The minimum Gasteiger partial charge on any atom is -0.485 e. The standard InChI is InChI=1S/C22H23NO4S/c1-5-26-22(25)20-13(2)15(4)28-21(20)23-19(24)11-10-16-12-17-8-6-7-9-18(17)27-14(16)3/h6-12,14H,5H2,1-4H3,(H,23,24)/b11-10+. The first-order valence-electron chi connectivity index (χ1n) is 9.14. The van der Waals surface area contributed by atoms with Gasteiger partial charge < -0.3 is 14.8 Å². The minimum atomic E-state index is -0.419. The molecule has 2 aromatic rings. The van der Waals surface area contributed by atoms with Crippen LogP contribution in [0.3, 0.4) is 0 Å². The van der Waals surface area contributed by atoms with E-state index in [-0.39, 0.29) is 18.6 Å². The van der Waals surface area contributed by atoms with Gasteiger partial charge in [-0.2, -0.15) is 0 Å². The van der Waals surface area contributed by atoms with Gasteiger partial charge >= 0.3 is 5.97 Å². The first-order valence-corrected chi connectivity index (χ1v) is 9.95. The van der Waals surface area contributed by atoms with Crippen LogP contribution in [0.25, 0.3) is 6.08 Å². The largest absolute Gasteiger partial charge is 0.485 e. The second-order valence-corrected chi connectivity index (χ2v) is 7.70. The fraction of sp³-hybridized carbons (Fsp3) is 0.273. The van der Waals surface area contributed by atoms with Gasteiger partial charge in [-0.15, -0.1) is 11.3 Å². The third kappa shape index (κ3) is 4.17. The molecule has 1 aromatic heterocycles. The van der Waals surface area contributed by atoms with Gasteiger partial charge in [0.2, 0.25) is 5.91 Å². The van der Waals surface area contributed by atoms with Crippen molar-refractivity contribution in [3.8, 4) is 5.75 Å². The number of anilines is 1. The number of fused-ring (bicyclic) bond motifs is 1. The van der Waals surface area contributed by atoms with Crippen molar-refractivity contribution >= 4 is 34.3 Å². The van der Waals surface area contributed by atoms with Crippen LogP contribution in [0.5, 0.6) is 5.75 Å². The van der Waals surface area contributed by atoms with Crippen molar-refractivity contribution in [1.29, 1.82) is 0 Å². The Hall–Kier alpha value is -2.86. The first-order chi connectivity index (χ1) is 13.4. The summed E-state index contributed by atoms with van der Waals surface area (Å²) in [6, 6.07) is 7.77. The number of rotatable bonds is 5. The highest BCUT2D eigenvalue weighted by Crippen LogP contribution is 2.33. The Bertz CT molecular complexity index is 971. The van der Waals surface area contributed by atoms with Gasteiger partial charge in [0, 0.05) is 16.5 Å². The summed E-state index contributed by atoms with van der Waals surface area (Å²) in [5, 5.41) is 3.32. The van der Waals surface area contributed by atoms with Crippen LogP contribution in [-0.4, -0.2) is 24.6 Å². The normalized spacial score (nSPS) is 15.6. The van der Waals surface area contributed by atoms with Crippen LogP contribution in [0.1, 0.15) is 40.2 Å². The van der Waals surface area contributed by atoms with Crippen molar-refractivity contribution in [1.82, 2.24) is 0 Å². The fourth-order valence-electron chi connectivity index (χ4n) is 2.94. The van der Waals surface area contributed by atoms with Crippen molar-refractivity contribution < 1.29 is 19.1 Å². The number of hydrogen-bond donors (Lipinski definition) is 1. The molecule has 0 radical (unpaired) electrons. The van der Waals surface area contributed by atoms with E-state index in [1.54, 1.807) is 13.0 Å². The van der Waals surface area contributed by atoms with E-state index in [1.807, 2.05) is 51.1 Å². The lowest BCUT2D eigenvalue weighted by Crippen LogP contribution is -2.18. The SMILES string of the molecule is CCOC(=O)c1c(NC(=O)/C=C/C2=Cc3ccccc3OC2C)sc(C)c1C. The van der Waals surface area contributed by atoms with Gasteiger partial charge in [-0.05, 0) is 57.0 Å². The molecule has 1 N–H and O–H groups in total. The van der Waals surface area contributed by atoms with E-state index in [9.17, 15) is 9.59 Å². The molecule has 146 valence electrons. The van der Waals surface area contributed by atoms with Gasteiger partial charge in [0.15, 0.2) is 0 Å². The second kappa shape index (κ2) is 8.44. The van der Waals surface area contributed by atoms with Crippen molar-refractivity contribution in [2.24, 2.45) is 0 Å². The van der Waals surface area contributed by atoms with E-state index in [0.717, 1.165) is 27.3 Å². The zero-order chi connectivity index (χ0) is 20.3. The molecule has 0 saturated carbocycles. The van der Waals surface area contributed by atoms with Gasteiger partial charge in [-0.25, -0.2) is 4.79 Å². The van der Waals surface area contributed by atoms with Gasteiger partial charge in [-0.1, -0.05) is 18.2 Å². The van der Waals surface area contributed by atoms with E-state index in [1.165, 1.54) is 17.4 Å². The number of amides is 1. The molecular formula is C22H23NO4S.